The highest BCUT2D eigenvalue weighted by atomic mass is 19.4. The van der Waals surface area contributed by atoms with Crippen molar-refractivity contribution in [3.05, 3.63) is 125 Å². The Morgan fingerprint density at radius 1 is 0.786 bits per heavy atom. The number of halogens is 3. The van der Waals surface area contributed by atoms with E-state index >= 15 is 0 Å². The van der Waals surface area contributed by atoms with E-state index < -0.39 is 11.7 Å². The van der Waals surface area contributed by atoms with E-state index in [1.54, 1.807) is 6.07 Å². The molecule has 0 N–H and O–H groups in total. The zero-order valence-electron chi connectivity index (χ0n) is 23.1. The van der Waals surface area contributed by atoms with Crippen molar-refractivity contribution < 1.29 is 18.0 Å². The first-order chi connectivity index (χ1) is 20.3. The lowest BCUT2D eigenvalue weighted by Gasteiger charge is -2.36. The van der Waals surface area contributed by atoms with E-state index in [1.807, 2.05) is 84.6 Å². The van der Waals surface area contributed by atoms with Gasteiger partial charge in [-0.25, -0.2) is 9.97 Å². The number of amides is 1. The lowest BCUT2D eigenvalue weighted by molar-refractivity contribution is -0.137. The number of piperazine rings is 1. The molecule has 0 aliphatic carbocycles. The van der Waals surface area contributed by atoms with E-state index in [0.717, 1.165) is 34.0 Å². The minimum Gasteiger partial charge on any atom is -0.353 e. The molecule has 8 heteroatoms. The van der Waals surface area contributed by atoms with Gasteiger partial charge in [0.1, 0.15) is 5.82 Å². The molecule has 6 rings (SSSR count). The largest absolute Gasteiger partial charge is 0.416 e. The molecule has 212 valence electrons. The molecule has 4 aromatic carbocycles. The van der Waals surface area contributed by atoms with E-state index in [1.165, 1.54) is 6.07 Å². The van der Waals surface area contributed by atoms with Crippen LogP contribution in [0.15, 0.2) is 97.1 Å². The fourth-order valence-corrected chi connectivity index (χ4v) is 5.44. The maximum atomic E-state index is 13.5. The van der Waals surface area contributed by atoms with Gasteiger partial charge in [0, 0.05) is 55.0 Å². The molecule has 0 saturated carbocycles. The Hall–Kier alpha value is -4.72. The summed E-state index contributed by atoms with van der Waals surface area (Å²) >= 11 is 0. The van der Waals surface area contributed by atoms with Gasteiger partial charge in [0.15, 0.2) is 5.82 Å². The van der Waals surface area contributed by atoms with Crippen molar-refractivity contribution in [3.8, 4) is 11.4 Å². The number of hydrogen-bond acceptors (Lipinski definition) is 4. The Kier molecular flexibility index (Phi) is 7.37. The van der Waals surface area contributed by atoms with Crippen LogP contribution in [-0.4, -0.2) is 47.0 Å². The van der Waals surface area contributed by atoms with Gasteiger partial charge in [0.05, 0.1) is 5.56 Å². The molecule has 5 nitrogen and oxygen atoms in total. The van der Waals surface area contributed by atoms with E-state index in [9.17, 15) is 18.0 Å². The standard InChI is InChI=1S/C34H29F3N4O/c1-23-30(20-24-8-3-2-4-9-24)32(39-31(38-23)27-12-7-13-29(22-27)34(35,36)37)40-16-18-41(19-17-40)33(42)28-15-14-25-10-5-6-11-26(25)21-28/h2-15,21-22H,16-20H2,1H3. The van der Waals surface area contributed by atoms with Crippen LogP contribution >= 0.6 is 0 Å². The number of fused-ring (bicyclic) bond motifs is 1. The van der Waals surface area contributed by atoms with Gasteiger partial charge < -0.3 is 9.80 Å². The first-order valence-electron chi connectivity index (χ1n) is 13.9. The SMILES string of the molecule is Cc1nc(-c2cccc(C(F)(F)F)c2)nc(N2CCN(C(=O)c3ccc4ccccc4c3)CC2)c1Cc1ccccc1. The minimum atomic E-state index is -4.46. The number of aromatic nitrogens is 2. The summed E-state index contributed by atoms with van der Waals surface area (Å²) in [6, 6.07) is 28.8. The number of carbonyl (C=O) groups is 1. The molecule has 0 unspecified atom stereocenters. The molecule has 0 bridgehead atoms. The van der Waals surface area contributed by atoms with Crippen LogP contribution in [0.1, 0.15) is 32.7 Å². The monoisotopic (exact) mass is 566 g/mol. The highest BCUT2D eigenvalue weighted by molar-refractivity contribution is 5.98. The summed E-state index contributed by atoms with van der Waals surface area (Å²) in [6.07, 6.45) is -3.88. The van der Waals surface area contributed by atoms with Gasteiger partial charge in [-0.05, 0) is 47.5 Å². The number of benzene rings is 4. The molecule has 1 aromatic heterocycles. The van der Waals surface area contributed by atoms with Gasteiger partial charge in [-0.15, -0.1) is 0 Å². The molecule has 0 spiro atoms. The van der Waals surface area contributed by atoms with Crippen molar-refractivity contribution in [3.63, 3.8) is 0 Å². The zero-order valence-corrected chi connectivity index (χ0v) is 23.1. The highest BCUT2D eigenvalue weighted by Gasteiger charge is 2.31. The summed E-state index contributed by atoms with van der Waals surface area (Å²) in [6.45, 7) is 3.95. The molecule has 1 amide bonds. The van der Waals surface area contributed by atoms with E-state index in [0.29, 0.717) is 55.2 Å². The number of anilines is 1. The molecule has 0 atom stereocenters. The maximum absolute atomic E-state index is 13.5. The second-order valence-corrected chi connectivity index (χ2v) is 10.5. The number of hydrogen-bond donors (Lipinski definition) is 0. The molecule has 1 saturated heterocycles. The third kappa shape index (κ3) is 5.70. The number of alkyl halides is 3. The fourth-order valence-electron chi connectivity index (χ4n) is 5.44. The summed E-state index contributed by atoms with van der Waals surface area (Å²) in [5.41, 5.74) is 2.94. The van der Waals surface area contributed by atoms with Crippen molar-refractivity contribution in [1.82, 2.24) is 14.9 Å². The second kappa shape index (κ2) is 11.3. The van der Waals surface area contributed by atoms with E-state index in [2.05, 4.69) is 9.88 Å². The molecule has 1 fully saturated rings. The summed E-state index contributed by atoms with van der Waals surface area (Å²) in [5.74, 6) is 0.921. The Bertz CT molecular complexity index is 1750. The van der Waals surface area contributed by atoms with Gasteiger partial charge >= 0.3 is 6.18 Å². The van der Waals surface area contributed by atoms with Crippen LogP contribution in [0.4, 0.5) is 19.0 Å². The molecular formula is C34H29F3N4O. The van der Waals surface area contributed by atoms with E-state index in [-0.39, 0.29) is 11.7 Å². The van der Waals surface area contributed by atoms with Gasteiger partial charge in [0.2, 0.25) is 0 Å². The van der Waals surface area contributed by atoms with E-state index in [4.69, 9.17) is 4.98 Å². The summed E-state index contributed by atoms with van der Waals surface area (Å²) < 4.78 is 40.4. The molecule has 42 heavy (non-hydrogen) atoms. The first-order valence-corrected chi connectivity index (χ1v) is 13.9. The molecule has 0 radical (unpaired) electrons. The van der Waals surface area contributed by atoms with Crippen LogP contribution in [-0.2, 0) is 12.6 Å². The van der Waals surface area contributed by atoms with Crippen LogP contribution < -0.4 is 4.90 Å². The van der Waals surface area contributed by atoms with Crippen LogP contribution in [0.5, 0.6) is 0 Å². The van der Waals surface area contributed by atoms with Gasteiger partial charge in [0.25, 0.3) is 5.91 Å². The molecule has 1 aliphatic heterocycles. The number of carbonyl (C=O) groups excluding carboxylic acids is 1. The smallest absolute Gasteiger partial charge is 0.353 e. The van der Waals surface area contributed by atoms with Crippen LogP contribution in [0.3, 0.4) is 0 Å². The minimum absolute atomic E-state index is 0.0200. The van der Waals surface area contributed by atoms with Crippen LogP contribution in [0, 0.1) is 6.92 Å². The molecule has 5 aromatic rings. The molecular weight excluding hydrogens is 537 g/mol. The number of aryl methyl sites for hydroxylation is 1. The quantitative estimate of drug-likeness (QED) is 0.226. The van der Waals surface area contributed by atoms with Crippen molar-refractivity contribution in [2.24, 2.45) is 0 Å². The summed E-state index contributed by atoms with van der Waals surface area (Å²) in [7, 11) is 0. The summed E-state index contributed by atoms with van der Waals surface area (Å²) in [5, 5.41) is 2.10. The average Bonchev–Trinajstić information content (AvgIpc) is 3.01. The number of rotatable bonds is 5. The van der Waals surface area contributed by atoms with Crippen LogP contribution in [0.25, 0.3) is 22.2 Å². The number of nitrogens with zero attached hydrogens (tertiary/aromatic N) is 4. The lowest BCUT2D eigenvalue weighted by Crippen LogP contribution is -2.49. The highest BCUT2D eigenvalue weighted by Crippen LogP contribution is 2.33. The van der Waals surface area contributed by atoms with Crippen molar-refractivity contribution in [2.75, 3.05) is 31.1 Å². The Morgan fingerprint density at radius 3 is 2.24 bits per heavy atom. The third-order valence-electron chi connectivity index (χ3n) is 7.73. The first kappa shape index (κ1) is 27.4. The Morgan fingerprint density at radius 2 is 1.50 bits per heavy atom. The zero-order chi connectivity index (χ0) is 29.3. The predicted octanol–water partition coefficient (Wildman–Crippen LogP) is 7.18. The topological polar surface area (TPSA) is 49.3 Å². The molecule has 2 heterocycles. The Balaban J connectivity index is 1.30. The average molecular weight is 567 g/mol. The maximum Gasteiger partial charge on any atom is 0.416 e. The van der Waals surface area contributed by atoms with Gasteiger partial charge in [-0.1, -0.05) is 72.8 Å². The Labute approximate surface area is 242 Å². The predicted molar refractivity (Wildman–Crippen MR) is 159 cm³/mol. The second-order valence-electron chi connectivity index (χ2n) is 10.5. The van der Waals surface area contributed by atoms with Crippen molar-refractivity contribution in [2.45, 2.75) is 19.5 Å². The summed E-state index contributed by atoms with van der Waals surface area (Å²) in [4.78, 5) is 26.9. The fraction of sp³-hybridized carbons (Fsp3) is 0.206. The van der Waals surface area contributed by atoms with Gasteiger partial charge in [-0.3, -0.25) is 4.79 Å². The van der Waals surface area contributed by atoms with Crippen molar-refractivity contribution in [1.29, 1.82) is 0 Å². The van der Waals surface area contributed by atoms with Crippen LogP contribution in [0.2, 0.25) is 0 Å². The third-order valence-corrected chi connectivity index (χ3v) is 7.73. The van der Waals surface area contributed by atoms with Gasteiger partial charge in [-0.2, -0.15) is 13.2 Å². The normalized spacial score (nSPS) is 13.9. The lowest BCUT2D eigenvalue weighted by atomic mass is 10.0. The van der Waals surface area contributed by atoms with Crippen molar-refractivity contribution >= 4 is 22.5 Å². The molecule has 1 aliphatic rings.